The van der Waals surface area contributed by atoms with Gasteiger partial charge in [-0.2, -0.15) is 5.10 Å². The van der Waals surface area contributed by atoms with E-state index in [2.05, 4.69) is 20.8 Å². The zero-order valence-electron chi connectivity index (χ0n) is 25.0. The lowest BCUT2D eigenvalue weighted by atomic mass is 10.0. The van der Waals surface area contributed by atoms with E-state index in [-0.39, 0.29) is 49.2 Å². The van der Waals surface area contributed by atoms with Crippen LogP contribution in [0.4, 0.5) is 20.6 Å². The maximum Gasteiger partial charge on any atom is 0.321 e. The molecule has 1 saturated heterocycles. The third-order valence-electron chi connectivity index (χ3n) is 7.97. The van der Waals surface area contributed by atoms with Crippen LogP contribution in [-0.2, 0) is 6.42 Å². The molecule has 0 aliphatic carbocycles. The third kappa shape index (κ3) is 6.63. The number of aromatic nitrogens is 2. The van der Waals surface area contributed by atoms with Crippen LogP contribution in [0.1, 0.15) is 37.5 Å². The minimum absolute atomic E-state index is 0.0596. The number of piperazine rings is 1. The lowest BCUT2D eigenvalue weighted by Crippen LogP contribution is -2.51. The Morgan fingerprint density at radius 2 is 1.43 bits per heavy atom. The summed E-state index contributed by atoms with van der Waals surface area (Å²) in [7, 11) is 0. The molecule has 1 aromatic heterocycles. The predicted octanol–water partition coefficient (Wildman–Crippen LogP) is 5.20. The summed E-state index contributed by atoms with van der Waals surface area (Å²) in [5.41, 5.74) is 3.69. The fraction of sp³-hybridized carbons (Fsp3) is 0.171. The van der Waals surface area contributed by atoms with Gasteiger partial charge >= 0.3 is 6.03 Å². The van der Waals surface area contributed by atoms with Gasteiger partial charge in [0.2, 0.25) is 0 Å². The second kappa shape index (κ2) is 13.0. The largest absolute Gasteiger partial charge is 0.335 e. The maximum atomic E-state index is 14.9. The SMILES string of the molecule is Cc1ccc(NC(=O)c2ccc(NC(=O)N3CCN(C(=O)c4cc(Cc5n[nH]c(=O)c6ccccc56)ccc4F)CC3)cc2)cc1. The van der Waals surface area contributed by atoms with Crippen molar-refractivity contribution < 1.29 is 18.8 Å². The maximum absolute atomic E-state index is 14.9. The van der Waals surface area contributed by atoms with Crippen molar-refractivity contribution in [1.82, 2.24) is 20.0 Å². The van der Waals surface area contributed by atoms with Gasteiger partial charge < -0.3 is 20.4 Å². The summed E-state index contributed by atoms with van der Waals surface area (Å²) in [5.74, 6) is -1.35. The molecular weight excluding hydrogens is 587 g/mol. The normalized spacial score (nSPS) is 13.0. The monoisotopic (exact) mass is 618 g/mol. The Kier molecular flexibility index (Phi) is 8.55. The quantitative estimate of drug-likeness (QED) is 0.241. The Morgan fingerprint density at radius 3 is 2.15 bits per heavy atom. The Labute approximate surface area is 263 Å². The zero-order valence-corrected chi connectivity index (χ0v) is 25.0. The number of nitrogens with zero attached hydrogens (tertiary/aromatic N) is 3. The van der Waals surface area contributed by atoms with E-state index in [1.807, 2.05) is 37.3 Å². The van der Waals surface area contributed by atoms with Crippen molar-refractivity contribution in [2.45, 2.75) is 13.3 Å². The molecule has 11 heteroatoms. The number of hydrogen-bond donors (Lipinski definition) is 3. The second-order valence-electron chi connectivity index (χ2n) is 11.1. The smallest absolute Gasteiger partial charge is 0.321 e. The molecule has 0 atom stereocenters. The molecule has 1 aliphatic heterocycles. The highest BCUT2D eigenvalue weighted by molar-refractivity contribution is 6.04. The molecule has 6 rings (SSSR count). The van der Waals surface area contributed by atoms with Gasteiger partial charge in [-0.3, -0.25) is 14.4 Å². The van der Waals surface area contributed by atoms with E-state index in [1.165, 1.54) is 17.0 Å². The number of fused-ring (bicyclic) bond motifs is 1. The van der Waals surface area contributed by atoms with Crippen molar-refractivity contribution in [3.8, 4) is 0 Å². The van der Waals surface area contributed by atoms with Crippen LogP contribution in [0.3, 0.4) is 0 Å². The Balaban J connectivity index is 1.04. The molecule has 5 aromatic rings. The average molecular weight is 619 g/mol. The summed E-state index contributed by atoms with van der Waals surface area (Å²) in [5, 5.41) is 13.6. The molecule has 3 N–H and O–H groups in total. The molecule has 1 aliphatic rings. The molecule has 2 heterocycles. The van der Waals surface area contributed by atoms with Crippen LogP contribution >= 0.6 is 0 Å². The van der Waals surface area contributed by atoms with Gasteiger partial charge in [0, 0.05) is 54.9 Å². The number of hydrogen-bond acceptors (Lipinski definition) is 5. The first-order chi connectivity index (χ1) is 22.2. The second-order valence-corrected chi connectivity index (χ2v) is 11.1. The first-order valence-corrected chi connectivity index (χ1v) is 14.8. The highest BCUT2D eigenvalue weighted by atomic mass is 19.1. The van der Waals surface area contributed by atoms with Gasteiger partial charge in [-0.05, 0) is 67.1 Å². The van der Waals surface area contributed by atoms with Gasteiger partial charge in [0.05, 0.1) is 16.6 Å². The Hall–Kier alpha value is -5.84. The van der Waals surface area contributed by atoms with Gasteiger partial charge in [0.1, 0.15) is 5.82 Å². The molecule has 10 nitrogen and oxygen atoms in total. The highest BCUT2D eigenvalue weighted by Gasteiger charge is 2.27. The molecule has 0 saturated carbocycles. The standard InChI is InChI=1S/C35H31FN6O4/c1-22-6-11-25(12-7-22)37-32(43)24-9-13-26(14-10-24)38-35(46)42-18-16-41(17-19-42)34(45)29-20-23(8-15-30(29)36)21-31-27-4-2-3-5-28(27)33(44)40-39-31/h2-15,20H,16-19,21H2,1H3,(H,37,43)(H,38,46)(H,40,44). The lowest BCUT2D eigenvalue weighted by Gasteiger charge is -2.34. The Bertz CT molecular complexity index is 1980. The zero-order chi connectivity index (χ0) is 32.2. The van der Waals surface area contributed by atoms with Gasteiger partial charge in [0.25, 0.3) is 17.4 Å². The summed E-state index contributed by atoms with van der Waals surface area (Å²) >= 11 is 0. The van der Waals surface area contributed by atoms with Crippen LogP contribution in [0.5, 0.6) is 0 Å². The molecule has 4 aromatic carbocycles. The number of carbonyl (C=O) groups is 3. The van der Waals surface area contributed by atoms with Crippen molar-refractivity contribution in [3.05, 3.63) is 135 Å². The number of H-pyrrole nitrogens is 1. The number of aryl methyl sites for hydroxylation is 1. The van der Waals surface area contributed by atoms with Crippen LogP contribution in [0.2, 0.25) is 0 Å². The Morgan fingerprint density at radius 1 is 0.804 bits per heavy atom. The van der Waals surface area contributed by atoms with Crippen LogP contribution in [0.15, 0.2) is 95.8 Å². The highest BCUT2D eigenvalue weighted by Crippen LogP contribution is 2.21. The van der Waals surface area contributed by atoms with E-state index < -0.39 is 11.7 Å². The molecule has 0 unspecified atom stereocenters. The van der Waals surface area contributed by atoms with Gasteiger partial charge in [-0.1, -0.05) is 42.0 Å². The first kappa shape index (κ1) is 30.2. The van der Waals surface area contributed by atoms with Crippen molar-refractivity contribution >= 4 is 40.0 Å². The molecule has 232 valence electrons. The molecule has 0 spiro atoms. The summed E-state index contributed by atoms with van der Waals surface area (Å²) < 4.78 is 14.9. The summed E-state index contributed by atoms with van der Waals surface area (Å²) in [6.45, 7) is 2.98. The minimum Gasteiger partial charge on any atom is -0.335 e. The number of rotatable bonds is 6. The number of amides is 4. The summed E-state index contributed by atoms with van der Waals surface area (Å²) in [4.78, 5) is 54.1. The molecule has 0 bridgehead atoms. The first-order valence-electron chi connectivity index (χ1n) is 14.8. The fourth-order valence-corrected chi connectivity index (χ4v) is 5.38. The van der Waals surface area contributed by atoms with E-state index in [4.69, 9.17) is 0 Å². The minimum atomic E-state index is -0.635. The fourth-order valence-electron chi connectivity index (χ4n) is 5.38. The number of aromatic amines is 1. The molecule has 1 fully saturated rings. The van der Waals surface area contributed by atoms with Crippen molar-refractivity contribution in [1.29, 1.82) is 0 Å². The molecule has 0 radical (unpaired) electrons. The number of carbonyl (C=O) groups excluding carboxylic acids is 3. The summed E-state index contributed by atoms with van der Waals surface area (Å²) in [6, 6.07) is 25.2. The van der Waals surface area contributed by atoms with Crippen molar-refractivity contribution in [2.75, 3.05) is 36.8 Å². The predicted molar refractivity (Wildman–Crippen MR) is 174 cm³/mol. The van der Waals surface area contributed by atoms with E-state index in [1.54, 1.807) is 53.4 Å². The van der Waals surface area contributed by atoms with E-state index >= 15 is 0 Å². The average Bonchev–Trinajstić information content (AvgIpc) is 3.08. The van der Waals surface area contributed by atoms with Crippen LogP contribution < -0.4 is 16.2 Å². The van der Waals surface area contributed by atoms with Crippen LogP contribution in [-0.4, -0.2) is 64.0 Å². The topological polar surface area (TPSA) is 128 Å². The van der Waals surface area contributed by atoms with Gasteiger partial charge in [-0.25, -0.2) is 14.3 Å². The van der Waals surface area contributed by atoms with E-state index in [0.29, 0.717) is 45.4 Å². The molecule has 4 amide bonds. The van der Waals surface area contributed by atoms with Gasteiger partial charge in [0.15, 0.2) is 0 Å². The van der Waals surface area contributed by atoms with Crippen LogP contribution in [0.25, 0.3) is 10.8 Å². The van der Waals surface area contributed by atoms with Gasteiger partial charge in [-0.15, -0.1) is 0 Å². The summed E-state index contributed by atoms with van der Waals surface area (Å²) in [6.07, 6.45) is 0.296. The number of nitrogens with one attached hydrogen (secondary N) is 3. The lowest BCUT2D eigenvalue weighted by molar-refractivity contribution is 0.0667. The number of anilines is 2. The number of halogens is 1. The third-order valence-corrected chi connectivity index (χ3v) is 7.97. The van der Waals surface area contributed by atoms with Crippen molar-refractivity contribution in [2.24, 2.45) is 0 Å². The molecule has 46 heavy (non-hydrogen) atoms. The van der Waals surface area contributed by atoms with Crippen molar-refractivity contribution in [3.63, 3.8) is 0 Å². The molecular formula is C35H31FN6O4. The number of benzene rings is 4. The van der Waals surface area contributed by atoms with Crippen LogP contribution in [0, 0.1) is 12.7 Å². The number of urea groups is 1. The van der Waals surface area contributed by atoms with E-state index in [0.717, 1.165) is 5.56 Å². The van der Waals surface area contributed by atoms with E-state index in [9.17, 15) is 23.6 Å².